The highest BCUT2D eigenvalue weighted by molar-refractivity contribution is 5.97. The van der Waals surface area contributed by atoms with E-state index in [1.807, 2.05) is 32.0 Å². The van der Waals surface area contributed by atoms with E-state index in [0.29, 0.717) is 37.6 Å². The predicted molar refractivity (Wildman–Crippen MR) is 110 cm³/mol. The Kier molecular flexibility index (Phi) is 8.50. The Morgan fingerprint density at radius 3 is 2.52 bits per heavy atom. The quantitative estimate of drug-likeness (QED) is 0.795. The zero-order chi connectivity index (χ0) is 17.9. The van der Waals surface area contributed by atoms with E-state index in [-0.39, 0.29) is 30.7 Å². The van der Waals surface area contributed by atoms with Crippen molar-refractivity contribution in [3.63, 3.8) is 0 Å². The van der Waals surface area contributed by atoms with Crippen LogP contribution in [0, 0.1) is 13.8 Å². The number of hydrogen-bond donors (Lipinski definition) is 2. The van der Waals surface area contributed by atoms with Crippen LogP contribution in [0.25, 0.3) is 0 Å². The second-order valence-electron chi connectivity index (χ2n) is 6.41. The zero-order valence-electron chi connectivity index (χ0n) is 15.4. The SMILES string of the molecule is Cc1cccc(Oc2ccc(NC(=O)C3(N)CCOCC3)cn2)c1C.Cl.Cl. The van der Waals surface area contributed by atoms with E-state index in [1.165, 1.54) is 0 Å². The molecular formula is C19H25Cl2N3O3. The molecule has 8 heteroatoms. The van der Waals surface area contributed by atoms with Gasteiger partial charge in [-0.3, -0.25) is 4.79 Å². The number of ether oxygens (including phenoxy) is 2. The fourth-order valence-corrected chi connectivity index (χ4v) is 2.68. The maximum absolute atomic E-state index is 12.4. The molecule has 27 heavy (non-hydrogen) atoms. The molecule has 0 radical (unpaired) electrons. The third kappa shape index (κ3) is 5.56. The number of halogens is 2. The standard InChI is InChI=1S/C19H23N3O3.2ClH/c1-13-4-3-5-16(14(13)2)25-17-7-6-15(12-21-17)22-18(23)19(20)8-10-24-11-9-19;;/h3-7,12H,8-11,20H2,1-2H3,(H,22,23);2*1H. The summed E-state index contributed by atoms with van der Waals surface area (Å²) in [5, 5.41) is 2.83. The summed E-state index contributed by atoms with van der Waals surface area (Å²) < 4.78 is 11.1. The molecule has 0 spiro atoms. The number of nitrogens with one attached hydrogen (secondary N) is 1. The number of carbonyl (C=O) groups excluding carboxylic acids is 1. The van der Waals surface area contributed by atoms with Gasteiger partial charge >= 0.3 is 0 Å². The van der Waals surface area contributed by atoms with Gasteiger partial charge in [-0.2, -0.15) is 0 Å². The molecule has 1 aromatic carbocycles. The first-order valence-electron chi connectivity index (χ1n) is 8.36. The van der Waals surface area contributed by atoms with Crippen molar-refractivity contribution in [2.75, 3.05) is 18.5 Å². The van der Waals surface area contributed by atoms with Crippen molar-refractivity contribution in [1.29, 1.82) is 0 Å². The van der Waals surface area contributed by atoms with Crippen molar-refractivity contribution in [1.82, 2.24) is 4.98 Å². The molecule has 0 unspecified atom stereocenters. The number of nitrogens with zero attached hydrogens (tertiary/aromatic N) is 1. The lowest BCUT2D eigenvalue weighted by Gasteiger charge is -2.31. The summed E-state index contributed by atoms with van der Waals surface area (Å²) in [6.45, 7) is 5.05. The first-order valence-corrected chi connectivity index (χ1v) is 8.36. The minimum atomic E-state index is -0.883. The van der Waals surface area contributed by atoms with Crippen LogP contribution in [0.4, 0.5) is 5.69 Å². The number of benzene rings is 1. The third-order valence-electron chi connectivity index (χ3n) is 4.60. The van der Waals surface area contributed by atoms with Crippen LogP contribution in [0.1, 0.15) is 24.0 Å². The lowest BCUT2D eigenvalue weighted by molar-refractivity contribution is -0.124. The molecule has 1 aliphatic heterocycles. The average molecular weight is 414 g/mol. The molecule has 1 aliphatic rings. The molecule has 1 saturated heterocycles. The topological polar surface area (TPSA) is 86.5 Å². The van der Waals surface area contributed by atoms with Crippen LogP contribution in [0.15, 0.2) is 36.5 Å². The van der Waals surface area contributed by atoms with Crippen molar-refractivity contribution in [3.8, 4) is 11.6 Å². The largest absolute Gasteiger partial charge is 0.439 e. The molecule has 1 fully saturated rings. The number of hydrogen-bond acceptors (Lipinski definition) is 5. The molecule has 1 aromatic heterocycles. The monoisotopic (exact) mass is 413 g/mol. The normalized spacial score (nSPS) is 15.1. The van der Waals surface area contributed by atoms with Crippen molar-refractivity contribution in [2.24, 2.45) is 5.73 Å². The number of aromatic nitrogens is 1. The fourth-order valence-electron chi connectivity index (χ4n) is 2.68. The van der Waals surface area contributed by atoms with Crippen LogP contribution in [-0.2, 0) is 9.53 Å². The summed E-state index contributed by atoms with van der Waals surface area (Å²) in [7, 11) is 0. The number of nitrogens with two attached hydrogens (primary N) is 1. The van der Waals surface area contributed by atoms with Gasteiger partial charge in [0.1, 0.15) is 11.3 Å². The first-order chi connectivity index (χ1) is 12.0. The number of carbonyl (C=O) groups is 1. The molecule has 0 atom stereocenters. The molecule has 0 saturated carbocycles. The number of anilines is 1. The molecule has 1 amide bonds. The van der Waals surface area contributed by atoms with Gasteiger partial charge in [-0.1, -0.05) is 12.1 Å². The highest BCUT2D eigenvalue weighted by Gasteiger charge is 2.35. The van der Waals surface area contributed by atoms with Gasteiger partial charge in [0, 0.05) is 19.3 Å². The van der Waals surface area contributed by atoms with Gasteiger partial charge in [0.05, 0.1) is 11.9 Å². The molecular weight excluding hydrogens is 389 g/mol. The maximum Gasteiger partial charge on any atom is 0.244 e. The fraction of sp³-hybridized carbons (Fsp3) is 0.368. The van der Waals surface area contributed by atoms with Gasteiger partial charge in [-0.05, 0) is 49.9 Å². The van der Waals surface area contributed by atoms with Crippen LogP contribution < -0.4 is 15.8 Å². The Labute approximate surface area is 171 Å². The van der Waals surface area contributed by atoms with Gasteiger partial charge in [0.25, 0.3) is 0 Å². The van der Waals surface area contributed by atoms with Gasteiger partial charge in [-0.15, -0.1) is 24.8 Å². The Balaban J connectivity index is 0.00000182. The Bertz CT molecular complexity index is 763. The molecule has 2 heterocycles. The highest BCUT2D eigenvalue weighted by Crippen LogP contribution is 2.26. The van der Waals surface area contributed by atoms with E-state index in [0.717, 1.165) is 16.9 Å². The molecule has 0 aliphatic carbocycles. The Morgan fingerprint density at radius 2 is 1.89 bits per heavy atom. The number of amides is 1. The molecule has 2 aromatic rings. The highest BCUT2D eigenvalue weighted by atomic mass is 35.5. The van der Waals surface area contributed by atoms with Crippen molar-refractivity contribution < 1.29 is 14.3 Å². The lowest BCUT2D eigenvalue weighted by atomic mass is 9.90. The summed E-state index contributed by atoms with van der Waals surface area (Å²) in [6, 6.07) is 9.37. The Hall–Kier alpha value is -1.86. The van der Waals surface area contributed by atoms with Gasteiger partial charge < -0.3 is 20.5 Å². The summed E-state index contributed by atoms with van der Waals surface area (Å²) in [6.07, 6.45) is 2.60. The van der Waals surface area contributed by atoms with Gasteiger partial charge in [0.15, 0.2) is 0 Å². The summed E-state index contributed by atoms with van der Waals surface area (Å²) in [5.41, 5.74) is 8.12. The second-order valence-corrected chi connectivity index (χ2v) is 6.41. The number of pyridine rings is 1. The smallest absolute Gasteiger partial charge is 0.244 e. The van der Waals surface area contributed by atoms with E-state index >= 15 is 0 Å². The van der Waals surface area contributed by atoms with E-state index in [2.05, 4.69) is 10.3 Å². The van der Waals surface area contributed by atoms with Gasteiger partial charge in [-0.25, -0.2) is 4.98 Å². The van der Waals surface area contributed by atoms with Crippen LogP contribution >= 0.6 is 24.8 Å². The maximum atomic E-state index is 12.4. The third-order valence-corrected chi connectivity index (χ3v) is 4.60. The van der Waals surface area contributed by atoms with Crippen LogP contribution in [0.3, 0.4) is 0 Å². The summed E-state index contributed by atoms with van der Waals surface area (Å²) >= 11 is 0. The van der Waals surface area contributed by atoms with Crippen LogP contribution in [0.5, 0.6) is 11.6 Å². The zero-order valence-corrected chi connectivity index (χ0v) is 17.0. The van der Waals surface area contributed by atoms with Crippen molar-refractivity contribution in [2.45, 2.75) is 32.2 Å². The van der Waals surface area contributed by atoms with Crippen LogP contribution in [-0.4, -0.2) is 29.6 Å². The number of rotatable bonds is 4. The average Bonchev–Trinajstić information content (AvgIpc) is 2.61. The van der Waals surface area contributed by atoms with E-state index < -0.39 is 5.54 Å². The molecule has 3 rings (SSSR count). The van der Waals surface area contributed by atoms with Crippen molar-refractivity contribution in [3.05, 3.63) is 47.7 Å². The van der Waals surface area contributed by atoms with Gasteiger partial charge in [0.2, 0.25) is 11.8 Å². The van der Waals surface area contributed by atoms with Crippen LogP contribution in [0.2, 0.25) is 0 Å². The molecule has 3 N–H and O–H groups in total. The number of aryl methyl sites for hydroxylation is 1. The first kappa shape index (κ1) is 23.2. The minimum absolute atomic E-state index is 0. The molecule has 148 valence electrons. The van der Waals surface area contributed by atoms with E-state index in [1.54, 1.807) is 18.3 Å². The summed E-state index contributed by atoms with van der Waals surface area (Å²) in [5.74, 6) is 1.04. The lowest BCUT2D eigenvalue weighted by Crippen LogP contribution is -2.54. The summed E-state index contributed by atoms with van der Waals surface area (Å²) in [4.78, 5) is 16.7. The van der Waals surface area contributed by atoms with E-state index in [9.17, 15) is 4.79 Å². The molecule has 0 bridgehead atoms. The second kappa shape index (κ2) is 9.90. The van der Waals surface area contributed by atoms with E-state index in [4.69, 9.17) is 15.2 Å². The van der Waals surface area contributed by atoms with Crippen molar-refractivity contribution >= 4 is 36.4 Å². The minimum Gasteiger partial charge on any atom is -0.439 e. The Morgan fingerprint density at radius 1 is 1.19 bits per heavy atom. The molecule has 6 nitrogen and oxygen atoms in total. The predicted octanol–water partition coefficient (Wildman–Crippen LogP) is 3.78.